The number of benzene rings is 1. The number of likely N-dealkylation sites (tertiary alicyclic amines) is 1. The number of aryl methyl sites for hydroxylation is 1. The normalized spacial score (nSPS) is 14.0. The molecule has 0 unspecified atom stereocenters. The molecule has 4 rings (SSSR count). The van der Waals surface area contributed by atoms with Crippen molar-refractivity contribution in [3.63, 3.8) is 0 Å². The molecule has 6 nitrogen and oxygen atoms in total. The molecule has 30 heavy (non-hydrogen) atoms. The Hall–Kier alpha value is -2.86. The van der Waals surface area contributed by atoms with Crippen molar-refractivity contribution in [3.8, 4) is 11.5 Å². The lowest BCUT2D eigenvalue weighted by molar-refractivity contribution is 0.0724. The van der Waals surface area contributed by atoms with Crippen molar-refractivity contribution in [1.29, 1.82) is 0 Å². The number of carbonyl (C=O) groups excluding carboxylic acids is 1. The van der Waals surface area contributed by atoms with Crippen LogP contribution in [0.3, 0.4) is 0 Å². The summed E-state index contributed by atoms with van der Waals surface area (Å²) in [6.45, 7) is 4.26. The summed E-state index contributed by atoms with van der Waals surface area (Å²) in [6, 6.07) is 9.76. The van der Waals surface area contributed by atoms with Gasteiger partial charge in [-0.25, -0.2) is 9.97 Å². The third-order valence-electron chi connectivity index (χ3n) is 5.26. The fourth-order valence-electron chi connectivity index (χ4n) is 3.52. The van der Waals surface area contributed by atoms with Crippen molar-refractivity contribution in [2.45, 2.75) is 32.6 Å². The van der Waals surface area contributed by atoms with Gasteiger partial charge in [-0.3, -0.25) is 4.79 Å². The van der Waals surface area contributed by atoms with Crippen LogP contribution in [-0.2, 0) is 6.42 Å². The number of aromatic nitrogens is 2. The van der Waals surface area contributed by atoms with Crippen molar-refractivity contribution in [3.05, 3.63) is 64.6 Å². The van der Waals surface area contributed by atoms with Gasteiger partial charge in [0, 0.05) is 37.8 Å². The van der Waals surface area contributed by atoms with Crippen LogP contribution in [0.25, 0.3) is 11.5 Å². The number of rotatable bonds is 6. The van der Waals surface area contributed by atoms with Crippen molar-refractivity contribution in [2.75, 3.05) is 25.0 Å². The van der Waals surface area contributed by atoms with Crippen LogP contribution in [0.15, 0.2) is 47.2 Å². The number of anilines is 1. The van der Waals surface area contributed by atoms with Gasteiger partial charge in [0.2, 0.25) is 5.89 Å². The van der Waals surface area contributed by atoms with Gasteiger partial charge in [-0.2, -0.15) is 0 Å². The van der Waals surface area contributed by atoms with E-state index >= 15 is 0 Å². The second-order valence-electron chi connectivity index (χ2n) is 7.59. The standard InChI is InChI=1S/C23H25ClN4O2/c1-16-5-7-17(8-6-16)22-27-19(15-30-22)9-10-25-21-20(24)13-18(14-26-21)23(29)28-11-3-2-4-12-28/h5-8,13-15H,2-4,9-12H2,1H3,(H,25,26). The Balaban J connectivity index is 1.33. The van der Waals surface area contributed by atoms with Crippen LogP contribution in [0.1, 0.15) is 40.9 Å². The summed E-state index contributed by atoms with van der Waals surface area (Å²) in [7, 11) is 0. The molecule has 156 valence electrons. The summed E-state index contributed by atoms with van der Waals surface area (Å²) in [5.74, 6) is 1.18. The minimum Gasteiger partial charge on any atom is -0.444 e. The number of oxazole rings is 1. The Labute approximate surface area is 181 Å². The van der Waals surface area contributed by atoms with Crippen molar-refractivity contribution < 1.29 is 9.21 Å². The largest absolute Gasteiger partial charge is 0.444 e. The minimum absolute atomic E-state index is 0.00174. The molecular formula is C23H25ClN4O2. The topological polar surface area (TPSA) is 71.3 Å². The van der Waals surface area contributed by atoms with Crippen LogP contribution in [0.5, 0.6) is 0 Å². The molecule has 1 aliphatic heterocycles. The van der Waals surface area contributed by atoms with Gasteiger partial charge in [0.05, 0.1) is 16.3 Å². The molecule has 1 fully saturated rings. The second-order valence-corrected chi connectivity index (χ2v) is 8.00. The lowest BCUT2D eigenvalue weighted by Gasteiger charge is -2.26. The number of carbonyl (C=O) groups is 1. The molecule has 0 atom stereocenters. The van der Waals surface area contributed by atoms with Crippen molar-refractivity contribution in [2.24, 2.45) is 0 Å². The molecule has 0 spiro atoms. The van der Waals surface area contributed by atoms with E-state index in [4.69, 9.17) is 16.0 Å². The van der Waals surface area contributed by atoms with Gasteiger partial charge >= 0.3 is 0 Å². The number of pyridine rings is 1. The average molecular weight is 425 g/mol. The van der Waals surface area contributed by atoms with E-state index in [2.05, 4.69) is 15.3 Å². The number of nitrogens with zero attached hydrogens (tertiary/aromatic N) is 3. The highest BCUT2D eigenvalue weighted by atomic mass is 35.5. The van der Waals surface area contributed by atoms with Crippen molar-refractivity contribution >= 4 is 23.3 Å². The highest BCUT2D eigenvalue weighted by molar-refractivity contribution is 6.33. The first-order valence-electron chi connectivity index (χ1n) is 10.3. The van der Waals surface area contributed by atoms with Crippen LogP contribution in [-0.4, -0.2) is 40.4 Å². The van der Waals surface area contributed by atoms with Gasteiger partial charge in [-0.05, 0) is 44.4 Å². The third-order valence-corrected chi connectivity index (χ3v) is 5.54. The second kappa shape index (κ2) is 9.30. The first kappa shape index (κ1) is 20.4. The molecule has 1 amide bonds. The quantitative estimate of drug-likeness (QED) is 0.604. The number of hydrogen-bond acceptors (Lipinski definition) is 5. The zero-order chi connectivity index (χ0) is 20.9. The van der Waals surface area contributed by atoms with Gasteiger partial charge in [0.15, 0.2) is 0 Å². The lowest BCUT2D eigenvalue weighted by atomic mass is 10.1. The first-order chi connectivity index (χ1) is 14.6. The van der Waals surface area contributed by atoms with E-state index in [9.17, 15) is 4.79 Å². The maximum absolute atomic E-state index is 12.6. The summed E-state index contributed by atoms with van der Waals surface area (Å²) in [5.41, 5.74) is 3.54. The smallest absolute Gasteiger partial charge is 0.255 e. The Morgan fingerprint density at radius 3 is 2.70 bits per heavy atom. The highest BCUT2D eigenvalue weighted by Crippen LogP contribution is 2.23. The van der Waals surface area contributed by atoms with E-state index in [1.165, 1.54) is 12.0 Å². The van der Waals surface area contributed by atoms with Gasteiger partial charge in [-0.15, -0.1) is 0 Å². The molecule has 1 saturated heterocycles. The SMILES string of the molecule is Cc1ccc(-c2nc(CCNc3ncc(C(=O)N4CCCCC4)cc3Cl)co2)cc1. The van der Waals surface area contributed by atoms with Crippen LogP contribution < -0.4 is 5.32 Å². The van der Waals surface area contributed by atoms with Crippen molar-refractivity contribution in [1.82, 2.24) is 14.9 Å². The number of hydrogen-bond donors (Lipinski definition) is 1. The number of nitrogens with one attached hydrogen (secondary N) is 1. The summed E-state index contributed by atoms with van der Waals surface area (Å²) in [6.07, 6.45) is 7.23. The zero-order valence-corrected chi connectivity index (χ0v) is 17.8. The molecule has 0 aliphatic carbocycles. The molecule has 1 N–H and O–H groups in total. The van der Waals surface area contributed by atoms with E-state index in [0.717, 1.165) is 37.2 Å². The number of halogens is 1. The third kappa shape index (κ3) is 4.82. The lowest BCUT2D eigenvalue weighted by Crippen LogP contribution is -2.35. The summed E-state index contributed by atoms with van der Waals surface area (Å²) < 4.78 is 5.59. The fourth-order valence-corrected chi connectivity index (χ4v) is 3.76. The summed E-state index contributed by atoms with van der Waals surface area (Å²) in [5, 5.41) is 3.66. The minimum atomic E-state index is 0.00174. The van der Waals surface area contributed by atoms with E-state index < -0.39 is 0 Å². The van der Waals surface area contributed by atoms with Gasteiger partial charge < -0.3 is 14.6 Å². The molecule has 1 aliphatic rings. The Morgan fingerprint density at radius 1 is 1.20 bits per heavy atom. The predicted molar refractivity (Wildman–Crippen MR) is 118 cm³/mol. The molecule has 0 saturated carbocycles. The molecule has 3 aromatic rings. The molecule has 0 bridgehead atoms. The number of piperidine rings is 1. The molecule has 1 aromatic carbocycles. The Kier molecular flexibility index (Phi) is 6.33. The van der Waals surface area contributed by atoms with Crippen LogP contribution in [0.4, 0.5) is 5.82 Å². The molecule has 7 heteroatoms. The zero-order valence-electron chi connectivity index (χ0n) is 17.0. The number of amides is 1. The molecule has 2 aromatic heterocycles. The first-order valence-corrected chi connectivity index (χ1v) is 10.7. The fraction of sp³-hybridized carbons (Fsp3) is 0.348. The summed E-state index contributed by atoms with van der Waals surface area (Å²) >= 11 is 6.36. The predicted octanol–water partition coefficient (Wildman–Crippen LogP) is 4.98. The average Bonchev–Trinajstić information content (AvgIpc) is 3.24. The molecular weight excluding hydrogens is 400 g/mol. The van der Waals surface area contributed by atoms with E-state index in [1.54, 1.807) is 18.5 Å². The van der Waals surface area contributed by atoms with Crippen LogP contribution in [0, 0.1) is 6.92 Å². The molecule has 3 heterocycles. The van der Waals surface area contributed by atoms with Gasteiger partial charge in [0.25, 0.3) is 5.91 Å². The highest BCUT2D eigenvalue weighted by Gasteiger charge is 2.19. The van der Waals surface area contributed by atoms with E-state index in [-0.39, 0.29) is 5.91 Å². The maximum atomic E-state index is 12.6. The van der Waals surface area contributed by atoms with E-state index in [1.807, 2.05) is 36.1 Å². The Morgan fingerprint density at radius 2 is 1.97 bits per heavy atom. The van der Waals surface area contributed by atoms with Gasteiger partial charge in [-0.1, -0.05) is 29.3 Å². The summed E-state index contributed by atoms with van der Waals surface area (Å²) in [4.78, 5) is 23.4. The van der Waals surface area contributed by atoms with Crippen LogP contribution >= 0.6 is 11.6 Å². The van der Waals surface area contributed by atoms with E-state index in [0.29, 0.717) is 35.3 Å². The maximum Gasteiger partial charge on any atom is 0.255 e. The van der Waals surface area contributed by atoms with Gasteiger partial charge in [0.1, 0.15) is 12.1 Å². The Bertz CT molecular complexity index is 1010. The van der Waals surface area contributed by atoms with Crippen LogP contribution in [0.2, 0.25) is 5.02 Å². The monoisotopic (exact) mass is 424 g/mol. The molecule has 0 radical (unpaired) electrons.